The summed E-state index contributed by atoms with van der Waals surface area (Å²) < 4.78 is 7.45. The number of aryl methyl sites for hydroxylation is 1. The first-order valence-electron chi connectivity index (χ1n) is 9.19. The zero-order valence-corrected chi connectivity index (χ0v) is 14.1. The van der Waals surface area contributed by atoms with E-state index in [-0.39, 0.29) is 11.9 Å². The molecule has 0 bridgehead atoms. The number of esters is 1. The van der Waals surface area contributed by atoms with Crippen LogP contribution in [-0.4, -0.2) is 40.1 Å². The molecule has 1 aromatic heterocycles. The van der Waals surface area contributed by atoms with Gasteiger partial charge < -0.3 is 9.30 Å². The fraction of sp³-hybridized carbons (Fsp3) is 0.778. The van der Waals surface area contributed by atoms with Crippen molar-refractivity contribution in [3.63, 3.8) is 0 Å². The number of carbonyl (C=O) groups excluding carboxylic acids is 1. The van der Waals surface area contributed by atoms with Crippen LogP contribution in [0.3, 0.4) is 0 Å². The maximum Gasteiger partial charge on any atom is 0.309 e. The standard InChI is InChI=1S/C18H27N3O2/c1-20-15-6-3-2-5-14(15)19-17(20)16-7-4-10-21(16)11-8-13-9-12-23-18(13)22/h13,16H,2-12H2,1H3. The van der Waals surface area contributed by atoms with Crippen LogP contribution in [0.5, 0.6) is 0 Å². The van der Waals surface area contributed by atoms with Gasteiger partial charge in [-0.25, -0.2) is 4.98 Å². The average Bonchev–Trinajstić information content (AvgIpc) is 3.25. The second-order valence-corrected chi connectivity index (χ2v) is 7.27. The molecule has 0 radical (unpaired) electrons. The lowest BCUT2D eigenvalue weighted by Crippen LogP contribution is -2.28. The molecule has 0 saturated carbocycles. The van der Waals surface area contributed by atoms with E-state index in [1.165, 1.54) is 49.3 Å². The Bertz CT molecular complexity index is 595. The minimum atomic E-state index is 0.00760. The smallest absolute Gasteiger partial charge is 0.309 e. The normalized spacial score (nSPS) is 28.1. The summed E-state index contributed by atoms with van der Waals surface area (Å²) in [5.74, 6) is 1.38. The first kappa shape index (κ1) is 15.2. The fourth-order valence-electron chi connectivity index (χ4n) is 4.51. The Morgan fingerprint density at radius 1 is 1.22 bits per heavy atom. The maximum absolute atomic E-state index is 11.7. The molecule has 1 aromatic rings. The lowest BCUT2D eigenvalue weighted by atomic mass is 10.0. The number of rotatable bonds is 4. The Labute approximate surface area is 138 Å². The first-order chi connectivity index (χ1) is 11.2. The summed E-state index contributed by atoms with van der Waals surface area (Å²) in [7, 11) is 2.19. The first-order valence-corrected chi connectivity index (χ1v) is 9.19. The van der Waals surface area contributed by atoms with Crippen molar-refractivity contribution in [3.05, 3.63) is 17.2 Å². The lowest BCUT2D eigenvalue weighted by molar-refractivity contribution is -0.141. The highest BCUT2D eigenvalue weighted by Crippen LogP contribution is 2.34. The van der Waals surface area contributed by atoms with Crippen molar-refractivity contribution < 1.29 is 9.53 Å². The summed E-state index contributed by atoms with van der Waals surface area (Å²) in [6, 6.07) is 0.433. The van der Waals surface area contributed by atoms with Gasteiger partial charge in [0.15, 0.2) is 0 Å². The van der Waals surface area contributed by atoms with Crippen molar-refractivity contribution in [1.29, 1.82) is 0 Å². The van der Waals surface area contributed by atoms with Gasteiger partial charge in [-0.2, -0.15) is 0 Å². The zero-order valence-electron chi connectivity index (χ0n) is 14.1. The number of hydrogen-bond acceptors (Lipinski definition) is 4. The third-order valence-electron chi connectivity index (χ3n) is 5.88. The number of cyclic esters (lactones) is 1. The van der Waals surface area contributed by atoms with Gasteiger partial charge in [-0.3, -0.25) is 9.69 Å². The van der Waals surface area contributed by atoms with E-state index in [9.17, 15) is 4.79 Å². The van der Waals surface area contributed by atoms with Crippen molar-refractivity contribution in [2.45, 2.75) is 57.4 Å². The molecular formula is C18H27N3O2. The number of nitrogens with zero attached hydrogens (tertiary/aromatic N) is 3. The van der Waals surface area contributed by atoms with E-state index in [2.05, 4.69) is 16.5 Å². The lowest BCUT2D eigenvalue weighted by Gasteiger charge is -2.25. The molecule has 2 unspecified atom stereocenters. The summed E-state index contributed by atoms with van der Waals surface area (Å²) >= 11 is 0. The van der Waals surface area contributed by atoms with Crippen LogP contribution in [0.4, 0.5) is 0 Å². The molecule has 0 N–H and O–H groups in total. The molecule has 3 heterocycles. The Balaban J connectivity index is 1.47. The molecule has 0 amide bonds. The molecule has 0 aromatic carbocycles. The molecule has 5 nitrogen and oxygen atoms in total. The second kappa shape index (κ2) is 6.27. The molecule has 3 aliphatic rings. The molecule has 0 spiro atoms. The number of likely N-dealkylation sites (tertiary alicyclic amines) is 1. The quantitative estimate of drug-likeness (QED) is 0.800. The van der Waals surface area contributed by atoms with Crippen molar-refractivity contribution in [2.24, 2.45) is 13.0 Å². The van der Waals surface area contributed by atoms with E-state index >= 15 is 0 Å². The number of imidazole rings is 1. The number of ether oxygens (including phenoxy) is 1. The maximum atomic E-state index is 11.7. The second-order valence-electron chi connectivity index (χ2n) is 7.27. The monoisotopic (exact) mass is 317 g/mol. The molecular weight excluding hydrogens is 290 g/mol. The summed E-state index contributed by atoms with van der Waals surface area (Å²) in [4.78, 5) is 19.2. The topological polar surface area (TPSA) is 47.4 Å². The van der Waals surface area contributed by atoms with E-state index in [0.717, 1.165) is 32.4 Å². The predicted octanol–water partition coefficient (Wildman–Crippen LogP) is 2.39. The third kappa shape index (κ3) is 2.80. The minimum absolute atomic E-state index is 0.00760. The molecule has 126 valence electrons. The van der Waals surface area contributed by atoms with Crippen LogP contribution in [0, 0.1) is 5.92 Å². The van der Waals surface area contributed by atoms with E-state index in [4.69, 9.17) is 9.72 Å². The Morgan fingerprint density at radius 2 is 2.09 bits per heavy atom. The number of fused-ring (bicyclic) bond motifs is 1. The molecule has 1 aliphatic carbocycles. The van der Waals surface area contributed by atoms with Gasteiger partial charge in [0.1, 0.15) is 5.82 Å². The van der Waals surface area contributed by atoms with Gasteiger partial charge in [-0.05, 0) is 64.5 Å². The minimum Gasteiger partial charge on any atom is -0.465 e. The van der Waals surface area contributed by atoms with Gasteiger partial charge in [-0.15, -0.1) is 0 Å². The van der Waals surface area contributed by atoms with E-state index in [0.29, 0.717) is 12.6 Å². The third-order valence-corrected chi connectivity index (χ3v) is 5.88. The number of hydrogen-bond donors (Lipinski definition) is 0. The van der Waals surface area contributed by atoms with Gasteiger partial charge in [-0.1, -0.05) is 0 Å². The molecule has 2 fully saturated rings. The van der Waals surface area contributed by atoms with Crippen LogP contribution in [-0.2, 0) is 29.4 Å². The number of aromatic nitrogens is 2. The van der Waals surface area contributed by atoms with Crippen LogP contribution in [0.15, 0.2) is 0 Å². The highest BCUT2D eigenvalue weighted by atomic mass is 16.5. The highest BCUT2D eigenvalue weighted by Gasteiger charge is 2.33. The van der Waals surface area contributed by atoms with Crippen molar-refractivity contribution in [3.8, 4) is 0 Å². The average molecular weight is 317 g/mol. The van der Waals surface area contributed by atoms with Crippen molar-refractivity contribution >= 4 is 5.97 Å². The highest BCUT2D eigenvalue weighted by molar-refractivity contribution is 5.74. The fourth-order valence-corrected chi connectivity index (χ4v) is 4.51. The van der Waals surface area contributed by atoms with Gasteiger partial charge >= 0.3 is 5.97 Å². The van der Waals surface area contributed by atoms with E-state index in [1.54, 1.807) is 0 Å². The molecule has 2 saturated heterocycles. The number of carbonyl (C=O) groups is 1. The SMILES string of the molecule is Cn1c(C2CCCN2CCC2CCOC2=O)nc2c1CCCC2. The van der Waals surface area contributed by atoms with Crippen molar-refractivity contribution in [1.82, 2.24) is 14.5 Å². The van der Waals surface area contributed by atoms with Crippen LogP contribution in [0.1, 0.15) is 61.8 Å². The Kier molecular flexibility index (Phi) is 4.14. The van der Waals surface area contributed by atoms with E-state index in [1.807, 2.05) is 0 Å². The molecule has 2 atom stereocenters. The van der Waals surface area contributed by atoms with Crippen LogP contribution < -0.4 is 0 Å². The molecule has 23 heavy (non-hydrogen) atoms. The summed E-state index contributed by atoms with van der Waals surface area (Å²) in [6.07, 6.45) is 9.15. The van der Waals surface area contributed by atoms with Gasteiger partial charge in [0.2, 0.25) is 0 Å². The molecule has 4 rings (SSSR count). The van der Waals surface area contributed by atoms with Gasteiger partial charge in [0.05, 0.1) is 24.3 Å². The molecule has 5 heteroatoms. The van der Waals surface area contributed by atoms with E-state index < -0.39 is 0 Å². The zero-order chi connectivity index (χ0) is 15.8. The molecule has 2 aliphatic heterocycles. The largest absolute Gasteiger partial charge is 0.465 e. The predicted molar refractivity (Wildman–Crippen MR) is 87.1 cm³/mol. The van der Waals surface area contributed by atoms with Crippen LogP contribution in [0.25, 0.3) is 0 Å². The van der Waals surface area contributed by atoms with Crippen molar-refractivity contribution in [2.75, 3.05) is 19.7 Å². The van der Waals surface area contributed by atoms with Crippen LogP contribution in [0.2, 0.25) is 0 Å². The Hall–Kier alpha value is -1.36. The summed E-state index contributed by atoms with van der Waals surface area (Å²) in [5, 5.41) is 0. The van der Waals surface area contributed by atoms with Gasteiger partial charge in [0, 0.05) is 12.7 Å². The van der Waals surface area contributed by atoms with Gasteiger partial charge in [0.25, 0.3) is 0 Å². The summed E-state index contributed by atoms with van der Waals surface area (Å²) in [6.45, 7) is 2.73. The van der Waals surface area contributed by atoms with Crippen LogP contribution >= 0.6 is 0 Å². The Morgan fingerprint density at radius 3 is 2.87 bits per heavy atom. The summed E-state index contributed by atoms with van der Waals surface area (Å²) in [5.41, 5.74) is 2.79.